The van der Waals surface area contributed by atoms with E-state index in [1.54, 1.807) is 24.9 Å². The Morgan fingerprint density at radius 3 is 2.54 bits per heavy atom. The Labute approximate surface area is 172 Å². The van der Waals surface area contributed by atoms with Crippen LogP contribution in [0.3, 0.4) is 0 Å². The summed E-state index contributed by atoms with van der Waals surface area (Å²) in [5.41, 5.74) is 0.881. The molecule has 0 aliphatic heterocycles. The van der Waals surface area contributed by atoms with Gasteiger partial charge in [0.1, 0.15) is 17.4 Å². The molecule has 0 heterocycles. The minimum absolute atomic E-state index is 0.0806. The van der Waals surface area contributed by atoms with E-state index in [2.05, 4.69) is 22.5 Å². The Bertz CT molecular complexity index is 678. The number of rotatable bonds is 11. The second-order valence-corrected chi connectivity index (χ2v) is 9.39. The molecule has 1 aromatic rings. The lowest BCUT2D eigenvalue weighted by Crippen LogP contribution is -2.40. The maximum absolute atomic E-state index is 14.8. The molecule has 1 aromatic carbocycles. The highest BCUT2D eigenvalue weighted by Gasteiger charge is 2.31. The summed E-state index contributed by atoms with van der Waals surface area (Å²) in [6, 6.07) is 5.06. The van der Waals surface area contributed by atoms with Crippen LogP contribution < -0.4 is 10.6 Å². The number of carbonyl (C=O) groups excluding carboxylic acids is 1. The van der Waals surface area contributed by atoms with Gasteiger partial charge in [-0.3, -0.25) is 9.79 Å². The highest BCUT2D eigenvalue weighted by molar-refractivity contribution is 8.01. The molecule has 5 nitrogen and oxygen atoms in total. The number of thioether (sulfide) groups is 1. The van der Waals surface area contributed by atoms with Gasteiger partial charge in [-0.15, -0.1) is 11.8 Å². The van der Waals surface area contributed by atoms with Crippen LogP contribution in [-0.2, 0) is 9.53 Å². The molecule has 0 aliphatic rings. The number of hydrogen-bond acceptors (Lipinski definition) is 5. The molecule has 0 bridgehead atoms. The normalized spacial score (nSPS) is 13.9. The molecule has 7 heteroatoms. The minimum Gasteiger partial charge on any atom is -0.360 e. The number of anilines is 1. The van der Waals surface area contributed by atoms with E-state index in [1.165, 1.54) is 6.07 Å². The van der Waals surface area contributed by atoms with Crippen molar-refractivity contribution in [3.63, 3.8) is 0 Å². The Morgan fingerprint density at radius 1 is 1.32 bits per heavy atom. The molecule has 0 aromatic heterocycles. The first-order chi connectivity index (χ1) is 13.1. The van der Waals surface area contributed by atoms with Crippen molar-refractivity contribution in [3.05, 3.63) is 29.6 Å². The summed E-state index contributed by atoms with van der Waals surface area (Å²) in [4.78, 5) is 15.4. The lowest BCUT2D eigenvalue weighted by atomic mass is 10.1. The van der Waals surface area contributed by atoms with Crippen LogP contribution in [0.5, 0.6) is 0 Å². The van der Waals surface area contributed by atoms with E-state index in [0.717, 1.165) is 18.5 Å². The third-order valence-electron chi connectivity index (χ3n) is 4.37. The monoisotopic (exact) mass is 411 g/mol. The van der Waals surface area contributed by atoms with Crippen molar-refractivity contribution < 1.29 is 13.9 Å². The number of carbonyl (C=O) groups is 1. The van der Waals surface area contributed by atoms with Gasteiger partial charge >= 0.3 is 0 Å². The van der Waals surface area contributed by atoms with Gasteiger partial charge in [-0.1, -0.05) is 13.3 Å². The first-order valence-electron chi connectivity index (χ1n) is 9.65. The Morgan fingerprint density at radius 2 is 2.00 bits per heavy atom. The lowest BCUT2D eigenvalue weighted by molar-refractivity contribution is -0.108. The van der Waals surface area contributed by atoms with Crippen molar-refractivity contribution in [1.82, 2.24) is 5.32 Å². The minimum atomic E-state index is -0.559. The van der Waals surface area contributed by atoms with Gasteiger partial charge in [-0.25, -0.2) is 4.39 Å². The number of amidine groups is 1. The fourth-order valence-corrected chi connectivity index (χ4v) is 4.45. The van der Waals surface area contributed by atoms with Crippen LogP contribution in [0.1, 0.15) is 65.2 Å². The first-order valence-corrected chi connectivity index (χ1v) is 10.5. The van der Waals surface area contributed by atoms with Crippen molar-refractivity contribution in [2.45, 2.75) is 70.1 Å². The second-order valence-electron chi connectivity index (χ2n) is 7.57. The maximum atomic E-state index is 14.8. The quantitative estimate of drug-likeness (QED) is 0.229. The zero-order valence-corrected chi connectivity index (χ0v) is 18.9. The van der Waals surface area contributed by atoms with E-state index in [0.29, 0.717) is 24.4 Å². The van der Waals surface area contributed by atoms with Crippen LogP contribution in [0.4, 0.5) is 10.1 Å². The number of amides is 1. The number of methoxy groups -OCH3 is 1. The Hall–Kier alpha value is -1.60. The molecular weight excluding hydrogens is 377 g/mol. The SMILES string of the molecule is CCCC(SC(C)(C)C(=NCC)NC=O)c1cc(NC(C)(C)OC)ccc1F. The van der Waals surface area contributed by atoms with Gasteiger partial charge in [0, 0.05) is 30.2 Å². The smallest absolute Gasteiger partial charge is 0.212 e. The van der Waals surface area contributed by atoms with Gasteiger partial charge in [0.15, 0.2) is 0 Å². The summed E-state index contributed by atoms with van der Waals surface area (Å²) in [7, 11) is 1.63. The number of hydrogen-bond donors (Lipinski definition) is 2. The molecule has 1 atom stereocenters. The number of halogens is 1. The molecule has 0 spiro atoms. The van der Waals surface area contributed by atoms with E-state index in [1.807, 2.05) is 40.7 Å². The van der Waals surface area contributed by atoms with Crippen LogP contribution in [0, 0.1) is 5.82 Å². The van der Waals surface area contributed by atoms with Gasteiger partial charge < -0.3 is 15.4 Å². The third kappa shape index (κ3) is 7.09. The maximum Gasteiger partial charge on any atom is 0.212 e. The molecule has 28 heavy (non-hydrogen) atoms. The average molecular weight is 412 g/mol. The van der Waals surface area contributed by atoms with E-state index >= 15 is 0 Å². The largest absolute Gasteiger partial charge is 0.360 e. The summed E-state index contributed by atoms with van der Waals surface area (Å²) in [5.74, 6) is 0.367. The second kappa shape index (κ2) is 10.8. The van der Waals surface area contributed by atoms with Gasteiger partial charge in [-0.05, 0) is 59.2 Å². The summed E-state index contributed by atoms with van der Waals surface area (Å²) < 4.78 is 19.7. The number of aliphatic imine (C=N–C) groups is 1. The molecule has 0 radical (unpaired) electrons. The number of nitrogens with one attached hydrogen (secondary N) is 2. The summed E-state index contributed by atoms with van der Waals surface area (Å²) >= 11 is 1.61. The summed E-state index contributed by atoms with van der Waals surface area (Å²) in [6.07, 6.45) is 2.36. The number of ether oxygens (including phenoxy) is 1. The molecule has 0 saturated heterocycles. The molecule has 0 fully saturated rings. The van der Waals surface area contributed by atoms with Crippen molar-refractivity contribution in [1.29, 1.82) is 0 Å². The van der Waals surface area contributed by atoms with E-state index in [9.17, 15) is 9.18 Å². The summed E-state index contributed by atoms with van der Waals surface area (Å²) in [6.45, 7) is 12.4. The van der Waals surface area contributed by atoms with Crippen LogP contribution >= 0.6 is 11.8 Å². The van der Waals surface area contributed by atoms with Crippen molar-refractivity contribution in [2.75, 3.05) is 19.0 Å². The third-order valence-corrected chi connectivity index (χ3v) is 5.93. The molecule has 2 N–H and O–H groups in total. The highest BCUT2D eigenvalue weighted by atomic mass is 32.2. The zero-order valence-electron chi connectivity index (χ0n) is 18.1. The Kier molecular flexibility index (Phi) is 9.44. The van der Waals surface area contributed by atoms with Gasteiger partial charge in [0.05, 0.1) is 4.75 Å². The van der Waals surface area contributed by atoms with E-state index in [4.69, 9.17) is 4.74 Å². The van der Waals surface area contributed by atoms with Crippen molar-refractivity contribution >= 4 is 29.7 Å². The molecule has 0 aliphatic carbocycles. The average Bonchev–Trinajstić information content (AvgIpc) is 2.62. The van der Waals surface area contributed by atoms with Crippen LogP contribution in [0.15, 0.2) is 23.2 Å². The molecule has 1 rings (SSSR count). The Balaban J connectivity index is 3.23. The molecule has 0 saturated carbocycles. The van der Waals surface area contributed by atoms with Crippen LogP contribution in [0.25, 0.3) is 0 Å². The van der Waals surface area contributed by atoms with E-state index in [-0.39, 0.29) is 11.1 Å². The molecular formula is C21H34FN3O2S. The number of benzene rings is 1. The highest BCUT2D eigenvalue weighted by Crippen LogP contribution is 2.43. The van der Waals surface area contributed by atoms with Crippen LogP contribution in [0.2, 0.25) is 0 Å². The molecule has 1 amide bonds. The predicted octanol–water partition coefficient (Wildman–Crippen LogP) is 5.14. The van der Waals surface area contributed by atoms with Crippen molar-refractivity contribution in [2.24, 2.45) is 4.99 Å². The van der Waals surface area contributed by atoms with Crippen LogP contribution in [-0.4, -0.2) is 36.4 Å². The summed E-state index contributed by atoms with van der Waals surface area (Å²) in [5, 5.41) is 5.91. The zero-order chi connectivity index (χ0) is 21.4. The fourth-order valence-electron chi connectivity index (χ4n) is 2.84. The topological polar surface area (TPSA) is 62.7 Å². The predicted molar refractivity (Wildman–Crippen MR) is 118 cm³/mol. The van der Waals surface area contributed by atoms with Crippen molar-refractivity contribution in [3.8, 4) is 0 Å². The molecule has 158 valence electrons. The van der Waals surface area contributed by atoms with Gasteiger partial charge in [0.25, 0.3) is 0 Å². The molecule has 1 unspecified atom stereocenters. The number of nitrogens with zero attached hydrogens (tertiary/aromatic N) is 1. The van der Waals surface area contributed by atoms with E-state index < -0.39 is 10.5 Å². The fraction of sp³-hybridized carbons (Fsp3) is 0.619. The van der Waals surface area contributed by atoms with Gasteiger partial charge in [-0.2, -0.15) is 0 Å². The first kappa shape index (κ1) is 24.4. The standard InChI is InChI=1S/C21H34FN3O2S/c1-8-10-18(28-20(3,4)19(23-9-2)24-14-26)16-13-15(11-12-17(16)22)25-21(5,6)27-7/h11-14,18,25H,8-10H2,1-7H3,(H,23,24,26). The van der Waals surface area contributed by atoms with Gasteiger partial charge in [0.2, 0.25) is 6.41 Å². The lowest BCUT2D eigenvalue weighted by Gasteiger charge is -2.31.